The van der Waals surface area contributed by atoms with Crippen LogP contribution in [-0.2, 0) is 15.1 Å². The van der Waals surface area contributed by atoms with Crippen LogP contribution in [0.15, 0.2) is 54.6 Å². The SMILES string of the molecule is CCOC(=O)C(C)(c1cccc(Oc2ccccc2)c1)N(C)C. The minimum atomic E-state index is -0.869. The molecule has 0 bridgehead atoms. The lowest BCUT2D eigenvalue weighted by Crippen LogP contribution is -2.46. The zero-order chi connectivity index (χ0) is 16.9. The van der Waals surface area contributed by atoms with Gasteiger partial charge in [-0.25, -0.2) is 4.79 Å². The minimum Gasteiger partial charge on any atom is -0.464 e. The zero-order valence-electron chi connectivity index (χ0n) is 14.1. The molecular formula is C19H23NO3. The Morgan fingerprint density at radius 3 is 2.30 bits per heavy atom. The number of hydrogen-bond acceptors (Lipinski definition) is 4. The van der Waals surface area contributed by atoms with Gasteiger partial charge in [-0.05, 0) is 57.8 Å². The third-order valence-corrected chi connectivity index (χ3v) is 3.94. The van der Waals surface area contributed by atoms with Crippen molar-refractivity contribution in [2.45, 2.75) is 19.4 Å². The van der Waals surface area contributed by atoms with Gasteiger partial charge in [-0.15, -0.1) is 0 Å². The highest BCUT2D eigenvalue weighted by Gasteiger charge is 2.39. The van der Waals surface area contributed by atoms with Crippen molar-refractivity contribution < 1.29 is 14.3 Å². The highest BCUT2D eigenvalue weighted by atomic mass is 16.5. The number of rotatable bonds is 6. The van der Waals surface area contributed by atoms with Gasteiger partial charge in [0.15, 0.2) is 0 Å². The normalized spacial score (nSPS) is 13.4. The molecule has 4 heteroatoms. The van der Waals surface area contributed by atoms with Crippen molar-refractivity contribution in [1.29, 1.82) is 0 Å². The highest BCUT2D eigenvalue weighted by molar-refractivity contribution is 5.82. The summed E-state index contributed by atoms with van der Waals surface area (Å²) in [4.78, 5) is 14.3. The summed E-state index contributed by atoms with van der Waals surface area (Å²) in [5.74, 6) is 1.17. The Morgan fingerprint density at radius 1 is 1.04 bits per heavy atom. The molecule has 0 aliphatic heterocycles. The standard InChI is InChI=1S/C19H23NO3/c1-5-22-18(21)19(2,20(3)4)15-10-9-13-17(14-15)23-16-11-7-6-8-12-16/h6-14H,5H2,1-4H3. The first-order valence-corrected chi connectivity index (χ1v) is 7.66. The number of benzene rings is 2. The van der Waals surface area contributed by atoms with Crippen LogP contribution in [0, 0.1) is 0 Å². The molecule has 0 heterocycles. The van der Waals surface area contributed by atoms with Crippen molar-refractivity contribution >= 4 is 5.97 Å². The van der Waals surface area contributed by atoms with Gasteiger partial charge in [-0.2, -0.15) is 0 Å². The lowest BCUT2D eigenvalue weighted by atomic mass is 9.90. The summed E-state index contributed by atoms with van der Waals surface area (Å²) >= 11 is 0. The largest absolute Gasteiger partial charge is 0.464 e. The fraction of sp³-hybridized carbons (Fsp3) is 0.316. The van der Waals surface area contributed by atoms with Crippen LogP contribution >= 0.6 is 0 Å². The van der Waals surface area contributed by atoms with E-state index >= 15 is 0 Å². The lowest BCUT2D eigenvalue weighted by molar-refractivity contribution is -0.156. The molecule has 0 saturated carbocycles. The maximum Gasteiger partial charge on any atom is 0.330 e. The summed E-state index contributed by atoms with van der Waals surface area (Å²) in [6, 6.07) is 17.1. The number of hydrogen-bond donors (Lipinski definition) is 0. The van der Waals surface area contributed by atoms with Gasteiger partial charge in [-0.3, -0.25) is 4.90 Å². The van der Waals surface area contributed by atoms with E-state index in [4.69, 9.17) is 9.47 Å². The summed E-state index contributed by atoms with van der Waals surface area (Å²) in [6.07, 6.45) is 0. The van der Waals surface area contributed by atoms with E-state index in [1.54, 1.807) is 0 Å². The first-order chi connectivity index (χ1) is 11.0. The van der Waals surface area contributed by atoms with Gasteiger partial charge in [-0.1, -0.05) is 30.3 Å². The van der Waals surface area contributed by atoms with Gasteiger partial charge in [0.25, 0.3) is 0 Å². The Bertz CT molecular complexity index is 655. The van der Waals surface area contributed by atoms with Crippen LogP contribution in [-0.4, -0.2) is 31.6 Å². The van der Waals surface area contributed by atoms with Gasteiger partial charge >= 0.3 is 5.97 Å². The van der Waals surface area contributed by atoms with E-state index < -0.39 is 5.54 Å². The molecule has 2 aromatic rings. The number of nitrogens with zero attached hydrogens (tertiary/aromatic N) is 1. The smallest absolute Gasteiger partial charge is 0.330 e. The van der Waals surface area contributed by atoms with Crippen LogP contribution in [0.4, 0.5) is 0 Å². The number of esters is 1. The predicted molar refractivity (Wildman–Crippen MR) is 90.6 cm³/mol. The van der Waals surface area contributed by atoms with Crippen molar-refractivity contribution in [2.24, 2.45) is 0 Å². The third kappa shape index (κ3) is 3.71. The third-order valence-electron chi connectivity index (χ3n) is 3.94. The van der Waals surface area contributed by atoms with Crippen LogP contribution in [0.3, 0.4) is 0 Å². The molecular weight excluding hydrogens is 290 g/mol. The average Bonchev–Trinajstić information content (AvgIpc) is 2.55. The second-order valence-corrected chi connectivity index (χ2v) is 5.63. The summed E-state index contributed by atoms with van der Waals surface area (Å²) < 4.78 is 11.1. The van der Waals surface area contributed by atoms with E-state index in [0.29, 0.717) is 12.4 Å². The van der Waals surface area contributed by atoms with Gasteiger partial charge in [0.1, 0.15) is 17.0 Å². The summed E-state index contributed by atoms with van der Waals surface area (Å²) in [7, 11) is 3.73. The second kappa shape index (κ2) is 7.29. The molecule has 2 aromatic carbocycles. The summed E-state index contributed by atoms with van der Waals surface area (Å²) in [5, 5.41) is 0. The molecule has 2 rings (SSSR count). The van der Waals surface area contributed by atoms with Crippen molar-refractivity contribution in [1.82, 2.24) is 4.90 Å². The van der Waals surface area contributed by atoms with E-state index in [-0.39, 0.29) is 5.97 Å². The van der Waals surface area contributed by atoms with Crippen molar-refractivity contribution in [3.8, 4) is 11.5 Å². The zero-order valence-corrected chi connectivity index (χ0v) is 14.1. The number of ether oxygens (including phenoxy) is 2. The van der Waals surface area contributed by atoms with E-state index in [2.05, 4.69) is 0 Å². The van der Waals surface area contributed by atoms with Crippen LogP contribution < -0.4 is 4.74 Å². The number of carbonyl (C=O) groups excluding carboxylic acids is 1. The molecule has 1 atom stereocenters. The Balaban J connectivity index is 2.34. The van der Waals surface area contributed by atoms with Crippen LogP contribution in [0.25, 0.3) is 0 Å². The molecule has 0 aliphatic rings. The van der Waals surface area contributed by atoms with Gasteiger partial charge in [0, 0.05) is 0 Å². The van der Waals surface area contributed by atoms with Crippen molar-refractivity contribution in [2.75, 3.05) is 20.7 Å². The Hall–Kier alpha value is -2.33. The summed E-state index contributed by atoms with van der Waals surface area (Å²) in [6.45, 7) is 4.01. The molecule has 23 heavy (non-hydrogen) atoms. The first kappa shape index (κ1) is 17.0. The summed E-state index contributed by atoms with van der Waals surface area (Å²) in [5.41, 5.74) is -0.0408. The van der Waals surface area contributed by atoms with Crippen molar-refractivity contribution in [3.05, 3.63) is 60.2 Å². The molecule has 4 nitrogen and oxygen atoms in total. The van der Waals surface area contributed by atoms with E-state index in [0.717, 1.165) is 11.3 Å². The topological polar surface area (TPSA) is 38.8 Å². The maximum atomic E-state index is 12.5. The Morgan fingerprint density at radius 2 is 1.70 bits per heavy atom. The molecule has 0 amide bonds. The Labute approximate surface area is 137 Å². The highest BCUT2D eigenvalue weighted by Crippen LogP contribution is 2.31. The average molecular weight is 313 g/mol. The molecule has 0 N–H and O–H groups in total. The fourth-order valence-corrected chi connectivity index (χ4v) is 2.32. The van der Waals surface area contributed by atoms with E-state index in [1.165, 1.54) is 0 Å². The molecule has 1 unspecified atom stereocenters. The van der Waals surface area contributed by atoms with E-state index in [1.807, 2.05) is 87.4 Å². The molecule has 0 aliphatic carbocycles. The lowest BCUT2D eigenvalue weighted by Gasteiger charge is -2.34. The number of para-hydroxylation sites is 1. The molecule has 0 saturated heterocycles. The Kier molecular flexibility index (Phi) is 5.40. The number of carbonyl (C=O) groups is 1. The molecule has 0 fully saturated rings. The fourth-order valence-electron chi connectivity index (χ4n) is 2.32. The maximum absolute atomic E-state index is 12.5. The van der Waals surface area contributed by atoms with Crippen LogP contribution in [0.1, 0.15) is 19.4 Å². The number of likely N-dealkylation sites (N-methyl/N-ethyl adjacent to an activating group) is 1. The first-order valence-electron chi connectivity index (χ1n) is 7.66. The monoisotopic (exact) mass is 313 g/mol. The molecule has 0 radical (unpaired) electrons. The molecule has 0 spiro atoms. The van der Waals surface area contributed by atoms with Crippen molar-refractivity contribution in [3.63, 3.8) is 0 Å². The quantitative estimate of drug-likeness (QED) is 0.760. The molecule has 0 aromatic heterocycles. The van der Waals surface area contributed by atoms with Gasteiger partial charge < -0.3 is 9.47 Å². The minimum absolute atomic E-state index is 0.276. The second-order valence-electron chi connectivity index (χ2n) is 5.63. The van der Waals surface area contributed by atoms with Crippen LogP contribution in [0.5, 0.6) is 11.5 Å². The molecule has 122 valence electrons. The predicted octanol–water partition coefficient (Wildman–Crippen LogP) is 3.82. The van der Waals surface area contributed by atoms with Gasteiger partial charge in [0.05, 0.1) is 6.61 Å². The van der Waals surface area contributed by atoms with Gasteiger partial charge in [0.2, 0.25) is 0 Å². The van der Waals surface area contributed by atoms with Crippen LogP contribution in [0.2, 0.25) is 0 Å². The van der Waals surface area contributed by atoms with E-state index in [9.17, 15) is 4.79 Å².